The molecule has 18 bridgehead atoms. The van der Waals surface area contributed by atoms with Crippen molar-refractivity contribution in [3.63, 3.8) is 0 Å². The Kier molecular flexibility index (Phi) is 18.4. The second-order valence-corrected chi connectivity index (χ2v) is 45.5. The van der Waals surface area contributed by atoms with E-state index in [0.29, 0.717) is 41.4 Å². The summed E-state index contributed by atoms with van der Waals surface area (Å²) in [4.78, 5) is 53.0. The Bertz CT molecular complexity index is 3190. The number of hydrogen-bond donors (Lipinski definition) is 0. The maximum atomic E-state index is 13.6. The van der Waals surface area contributed by atoms with Gasteiger partial charge in [0.1, 0.15) is 22.4 Å². The number of hydrogen-bond acceptors (Lipinski definition) is 8. The fourth-order valence-corrected chi connectivity index (χ4v) is 36.5. The number of fused-ring (bicyclic) bond motifs is 33. The van der Waals surface area contributed by atoms with E-state index in [-0.39, 0.29) is 70.0 Å². The molecule has 0 aliphatic heterocycles. The molecule has 0 radical (unpaired) electrons. The molecule has 37 unspecified atom stereocenters. The summed E-state index contributed by atoms with van der Waals surface area (Å²) in [6.07, 6.45) is 43.6. The van der Waals surface area contributed by atoms with Gasteiger partial charge in [-0.15, -0.1) is 0 Å². The molecule has 23 saturated carbocycles. The van der Waals surface area contributed by atoms with Crippen molar-refractivity contribution in [1.82, 2.24) is 0 Å². The van der Waals surface area contributed by atoms with Crippen molar-refractivity contribution < 1.29 is 38.1 Å². The van der Waals surface area contributed by atoms with Crippen molar-refractivity contribution in [3.05, 3.63) is 0 Å². The summed E-state index contributed by atoms with van der Waals surface area (Å²) in [5.74, 6) is 33.1. The van der Waals surface area contributed by atoms with Gasteiger partial charge in [-0.25, -0.2) is 0 Å². The number of carbonyl (C=O) groups excluding carboxylic acids is 4. The lowest BCUT2D eigenvalue weighted by molar-refractivity contribution is -0.209. The van der Waals surface area contributed by atoms with Gasteiger partial charge in [-0.1, -0.05) is 94.4 Å². The quantitative estimate of drug-likeness (QED) is 0.121. The lowest BCUT2D eigenvalue weighted by Gasteiger charge is -2.59. The highest BCUT2D eigenvalue weighted by Crippen LogP contribution is 2.75. The molecule has 580 valence electrons. The van der Waals surface area contributed by atoms with Crippen LogP contribution >= 0.6 is 0 Å². The predicted molar refractivity (Wildman–Crippen MR) is 409 cm³/mol. The molecule has 0 saturated heterocycles. The summed E-state index contributed by atoms with van der Waals surface area (Å²) >= 11 is 0. The first-order valence-corrected chi connectivity index (χ1v) is 46.7. The van der Waals surface area contributed by atoms with Crippen molar-refractivity contribution in [2.24, 2.45) is 243 Å². The highest BCUT2D eigenvalue weighted by atomic mass is 16.6. The molecule has 8 nitrogen and oxygen atoms in total. The monoisotopic (exact) mass is 1430 g/mol. The zero-order valence-corrected chi connectivity index (χ0v) is 68.0. The van der Waals surface area contributed by atoms with Crippen LogP contribution in [0.25, 0.3) is 0 Å². The first-order valence-electron chi connectivity index (χ1n) is 46.7. The Morgan fingerprint density at radius 2 is 0.750 bits per heavy atom. The van der Waals surface area contributed by atoms with E-state index in [1.807, 2.05) is 0 Å². The molecule has 37 atom stereocenters. The molecule has 23 rings (SSSR count). The van der Waals surface area contributed by atoms with Crippen LogP contribution in [-0.4, -0.2) is 46.3 Å². The largest absolute Gasteiger partial charge is 0.459 e. The average molecular weight is 1430 g/mol. The van der Waals surface area contributed by atoms with Gasteiger partial charge in [0.25, 0.3) is 0 Å². The van der Waals surface area contributed by atoms with E-state index in [9.17, 15) is 19.2 Å². The van der Waals surface area contributed by atoms with E-state index in [2.05, 4.69) is 90.0 Å². The van der Waals surface area contributed by atoms with Crippen LogP contribution in [0.3, 0.4) is 0 Å². The smallest absolute Gasteiger partial charge is 0.309 e. The molecule has 0 N–H and O–H groups in total. The molecular formula is C96H148O8. The highest BCUT2D eigenvalue weighted by molar-refractivity contribution is 5.76. The first kappa shape index (κ1) is 72.1. The summed E-state index contributed by atoms with van der Waals surface area (Å²) in [6.45, 7) is 31.0. The van der Waals surface area contributed by atoms with E-state index in [1.165, 1.54) is 161 Å². The molecule has 23 aliphatic carbocycles. The van der Waals surface area contributed by atoms with Crippen LogP contribution in [0.5, 0.6) is 0 Å². The highest BCUT2D eigenvalue weighted by Gasteiger charge is 2.71. The number of rotatable bonds is 10. The third kappa shape index (κ3) is 11.3. The Morgan fingerprint density at radius 1 is 0.337 bits per heavy atom. The third-order valence-corrected chi connectivity index (χ3v) is 41.8. The van der Waals surface area contributed by atoms with Gasteiger partial charge in [-0.3, -0.25) is 19.2 Å². The number of ether oxygens (including phenoxy) is 4. The van der Waals surface area contributed by atoms with E-state index < -0.39 is 0 Å². The maximum Gasteiger partial charge on any atom is 0.309 e. The molecule has 8 heteroatoms. The van der Waals surface area contributed by atoms with Crippen LogP contribution in [-0.2, 0) is 38.1 Å². The summed E-state index contributed by atoms with van der Waals surface area (Å²) in [6, 6.07) is 0. The van der Waals surface area contributed by atoms with Gasteiger partial charge in [0.05, 0.1) is 23.7 Å². The molecule has 0 amide bonds. The second kappa shape index (κ2) is 26.5. The molecule has 0 heterocycles. The van der Waals surface area contributed by atoms with Gasteiger partial charge in [0.2, 0.25) is 0 Å². The van der Waals surface area contributed by atoms with Gasteiger partial charge in [-0.2, -0.15) is 0 Å². The standard InChI is InChI=1S/C26H38O2.C26H42O2.2C22H34O2/c1-12-13(2)20-11-19(12)23-16-9-21(24(20)23)22(10-16)25(27)28-26(3)17-5-14-4-15(7-17)8-18(26)6-14;1-15-11-22-21-13-19(24(22)16(15)2)14-23(21)25(27)28-26(3,4)20-10-9-17-7-5-6-8-18(17)12-20;1-12-13(2)16-11-15(12)19-14-9-17(20(16)19)18(10-14)21(23)24-22(3)7-5-4-6-8-22;1-4-22(7-5-6-8-22)24-21(23)18-10-14-9-17(18)20-16-11-15(19(14)20)12(2)13(16)3/h12-24H,4-11H2,1-3H3;15-24H,5-14H2,1-4H3;2*12-20H,4-11H2,1-3H3. The first-order chi connectivity index (χ1) is 49.8. The molecule has 0 aromatic rings. The van der Waals surface area contributed by atoms with Crippen LogP contribution in [0, 0.1) is 243 Å². The molecule has 0 aromatic heterocycles. The minimum absolute atomic E-state index is 0.102. The van der Waals surface area contributed by atoms with Gasteiger partial charge in [-0.05, 0) is 433 Å². The Balaban J connectivity index is 0.0000000957. The fourth-order valence-electron chi connectivity index (χ4n) is 36.5. The van der Waals surface area contributed by atoms with Gasteiger partial charge >= 0.3 is 23.9 Å². The van der Waals surface area contributed by atoms with Crippen LogP contribution in [0.15, 0.2) is 0 Å². The topological polar surface area (TPSA) is 105 Å². The SMILES string of the molecule is CC1C(C)C2CC1C1C3CC(C(=O)OC4(C)C5CC6CC(C5)CC4C6)C(C3)C21.CC1C(C)C2CC1C1C3CC(C(=O)OC4(C)CCCCC4)C(C3)C21.CC1CC2C3CC(CC3C(=O)OC(C)(C)C3CCC4CCCCC4C3)C2C1C.CCC1(OC(=O)C2CC3CC2C2C4CC(C(C)C4C)C32)CCCC1. The van der Waals surface area contributed by atoms with E-state index >= 15 is 0 Å². The molecular weight excluding hydrogens is 1280 g/mol. The van der Waals surface area contributed by atoms with E-state index in [0.717, 1.165) is 235 Å². The average Bonchev–Trinajstić information content (AvgIpc) is 1.56. The lowest BCUT2D eigenvalue weighted by atomic mass is 9.50. The van der Waals surface area contributed by atoms with Crippen molar-refractivity contribution >= 4 is 23.9 Å². The molecule has 23 fully saturated rings. The fraction of sp³-hybridized carbons (Fsp3) is 0.958. The summed E-state index contributed by atoms with van der Waals surface area (Å²) in [5, 5.41) is 0. The maximum absolute atomic E-state index is 13.6. The minimum atomic E-state index is -0.281. The van der Waals surface area contributed by atoms with Gasteiger partial charge in [0.15, 0.2) is 0 Å². The zero-order valence-electron chi connectivity index (χ0n) is 68.0. The molecule has 0 aromatic carbocycles. The lowest BCUT2D eigenvalue weighted by Crippen LogP contribution is -2.58. The zero-order chi connectivity index (χ0) is 71.9. The molecule has 0 spiro atoms. The second-order valence-electron chi connectivity index (χ2n) is 45.5. The number of carbonyl (C=O) groups is 4. The van der Waals surface area contributed by atoms with Gasteiger partial charge in [0, 0.05) is 0 Å². The Labute approximate surface area is 631 Å². The van der Waals surface area contributed by atoms with Gasteiger partial charge < -0.3 is 18.9 Å². The number of esters is 4. The van der Waals surface area contributed by atoms with Crippen LogP contribution in [0.1, 0.15) is 308 Å². The summed E-state index contributed by atoms with van der Waals surface area (Å²) in [5.41, 5.74) is -0.679. The van der Waals surface area contributed by atoms with Crippen molar-refractivity contribution in [2.75, 3.05) is 0 Å². The molecule has 104 heavy (non-hydrogen) atoms. The van der Waals surface area contributed by atoms with Crippen LogP contribution < -0.4 is 0 Å². The van der Waals surface area contributed by atoms with E-state index in [1.54, 1.807) is 0 Å². The Morgan fingerprint density at radius 3 is 1.23 bits per heavy atom. The van der Waals surface area contributed by atoms with Crippen LogP contribution in [0.4, 0.5) is 0 Å². The minimum Gasteiger partial charge on any atom is -0.459 e. The van der Waals surface area contributed by atoms with E-state index in [4.69, 9.17) is 18.9 Å². The Hall–Kier alpha value is -2.12. The normalized spacial score (nSPS) is 55.9. The van der Waals surface area contributed by atoms with Crippen molar-refractivity contribution in [2.45, 2.75) is 331 Å². The van der Waals surface area contributed by atoms with Crippen LogP contribution in [0.2, 0.25) is 0 Å². The summed E-state index contributed by atoms with van der Waals surface area (Å²) < 4.78 is 25.3. The summed E-state index contributed by atoms with van der Waals surface area (Å²) in [7, 11) is 0. The van der Waals surface area contributed by atoms with Crippen molar-refractivity contribution in [3.8, 4) is 0 Å². The predicted octanol–water partition coefficient (Wildman–Crippen LogP) is 22.2. The van der Waals surface area contributed by atoms with Crippen molar-refractivity contribution in [1.29, 1.82) is 0 Å². The molecule has 23 aliphatic rings. The third-order valence-electron chi connectivity index (χ3n) is 41.8.